The van der Waals surface area contributed by atoms with Gasteiger partial charge in [-0.1, -0.05) is 0 Å². The van der Waals surface area contributed by atoms with E-state index in [1.165, 1.54) is 16.9 Å². The average Bonchev–Trinajstić information content (AvgIpc) is 3.15. The topological polar surface area (TPSA) is 56.3 Å². The predicted molar refractivity (Wildman–Crippen MR) is 97.3 cm³/mol. The molecule has 24 heavy (non-hydrogen) atoms. The number of halogens is 1. The van der Waals surface area contributed by atoms with Gasteiger partial charge in [-0.05, 0) is 48.6 Å². The quantitative estimate of drug-likeness (QED) is 0.688. The van der Waals surface area contributed by atoms with Gasteiger partial charge in [-0.15, -0.1) is 11.3 Å². The Balaban J connectivity index is 1.83. The monoisotopic (exact) mass is 361 g/mol. The summed E-state index contributed by atoms with van der Waals surface area (Å²) < 4.78 is 10.7. The molecule has 1 aliphatic carbocycles. The fourth-order valence-electron chi connectivity index (χ4n) is 3.09. The van der Waals surface area contributed by atoms with E-state index >= 15 is 0 Å². The van der Waals surface area contributed by atoms with E-state index in [1.807, 2.05) is 18.2 Å². The van der Waals surface area contributed by atoms with Crippen LogP contribution in [0.15, 0.2) is 18.2 Å². The van der Waals surface area contributed by atoms with Gasteiger partial charge in [-0.25, -0.2) is 4.98 Å². The number of rotatable bonds is 4. The van der Waals surface area contributed by atoms with Crippen LogP contribution >= 0.6 is 22.9 Å². The minimum atomic E-state index is 0.248. The van der Waals surface area contributed by atoms with Gasteiger partial charge >= 0.3 is 0 Å². The number of nitrogens with zero attached hydrogens (tertiary/aromatic N) is 2. The number of methoxy groups -OCH3 is 2. The highest BCUT2D eigenvalue weighted by Gasteiger charge is 2.22. The number of hydrogen-bond acceptors (Lipinski definition) is 6. The number of thiophene rings is 1. The highest BCUT2D eigenvalue weighted by Crippen LogP contribution is 2.41. The number of hydrogen-bond donors (Lipinski definition) is 1. The molecule has 2 heterocycles. The van der Waals surface area contributed by atoms with Gasteiger partial charge in [0.1, 0.15) is 22.1 Å². The van der Waals surface area contributed by atoms with Crippen LogP contribution in [0.3, 0.4) is 0 Å². The van der Waals surface area contributed by atoms with Crippen molar-refractivity contribution in [1.29, 1.82) is 0 Å². The van der Waals surface area contributed by atoms with Crippen LogP contribution < -0.4 is 14.8 Å². The Morgan fingerprint density at radius 2 is 2.04 bits per heavy atom. The van der Waals surface area contributed by atoms with Crippen molar-refractivity contribution in [2.45, 2.75) is 19.3 Å². The van der Waals surface area contributed by atoms with E-state index in [1.54, 1.807) is 25.6 Å². The van der Waals surface area contributed by atoms with E-state index in [0.29, 0.717) is 5.75 Å². The first-order valence-electron chi connectivity index (χ1n) is 7.66. The molecule has 4 rings (SSSR count). The van der Waals surface area contributed by atoms with Crippen molar-refractivity contribution in [3.63, 3.8) is 0 Å². The van der Waals surface area contributed by atoms with Crippen molar-refractivity contribution in [3.05, 3.63) is 33.9 Å². The Morgan fingerprint density at radius 3 is 2.83 bits per heavy atom. The minimum absolute atomic E-state index is 0.248. The standard InChI is InChI=1S/C17H16ClN3O2S/c1-22-9-6-7-11(12(8-9)23-2)19-15-14-10-4-3-5-13(10)24-16(14)21-17(18)20-15/h6-8H,3-5H2,1-2H3,(H,19,20,21). The number of benzene rings is 1. The zero-order chi connectivity index (χ0) is 16.7. The van der Waals surface area contributed by atoms with Gasteiger partial charge in [0.15, 0.2) is 0 Å². The molecule has 0 radical (unpaired) electrons. The van der Waals surface area contributed by atoms with Crippen LogP contribution in [0.4, 0.5) is 11.5 Å². The summed E-state index contributed by atoms with van der Waals surface area (Å²) in [5.74, 6) is 2.15. The maximum absolute atomic E-state index is 6.13. The predicted octanol–water partition coefficient (Wildman–Crippen LogP) is 4.59. The van der Waals surface area contributed by atoms with Gasteiger partial charge in [0.25, 0.3) is 0 Å². The lowest BCUT2D eigenvalue weighted by Gasteiger charge is -2.13. The van der Waals surface area contributed by atoms with Crippen molar-refractivity contribution >= 4 is 44.7 Å². The molecule has 1 aromatic carbocycles. The van der Waals surface area contributed by atoms with Crippen molar-refractivity contribution in [2.75, 3.05) is 19.5 Å². The van der Waals surface area contributed by atoms with E-state index in [2.05, 4.69) is 15.3 Å². The average molecular weight is 362 g/mol. The maximum Gasteiger partial charge on any atom is 0.225 e. The molecule has 0 bridgehead atoms. The van der Waals surface area contributed by atoms with Crippen molar-refractivity contribution in [2.24, 2.45) is 0 Å². The van der Waals surface area contributed by atoms with E-state index in [4.69, 9.17) is 21.1 Å². The van der Waals surface area contributed by atoms with E-state index in [-0.39, 0.29) is 5.28 Å². The second-order valence-electron chi connectivity index (χ2n) is 5.57. The smallest absolute Gasteiger partial charge is 0.225 e. The number of anilines is 2. The van der Waals surface area contributed by atoms with Gasteiger partial charge in [-0.3, -0.25) is 0 Å². The second kappa shape index (κ2) is 6.11. The van der Waals surface area contributed by atoms with Crippen LogP contribution in [0.5, 0.6) is 11.5 Å². The van der Waals surface area contributed by atoms with Gasteiger partial charge in [-0.2, -0.15) is 4.98 Å². The summed E-state index contributed by atoms with van der Waals surface area (Å²) in [4.78, 5) is 11.2. The number of ether oxygens (including phenoxy) is 2. The van der Waals surface area contributed by atoms with Crippen LogP contribution in [0.2, 0.25) is 5.28 Å². The summed E-state index contributed by atoms with van der Waals surface area (Å²) in [7, 11) is 3.26. The van der Waals surface area contributed by atoms with E-state index in [9.17, 15) is 0 Å². The molecule has 0 unspecified atom stereocenters. The molecule has 1 N–H and O–H groups in total. The number of fused-ring (bicyclic) bond motifs is 3. The molecule has 1 aliphatic rings. The first kappa shape index (κ1) is 15.5. The summed E-state index contributed by atoms with van der Waals surface area (Å²) in [6.45, 7) is 0. The summed E-state index contributed by atoms with van der Waals surface area (Å²) in [6, 6.07) is 5.62. The van der Waals surface area contributed by atoms with Crippen LogP contribution in [-0.4, -0.2) is 24.2 Å². The molecule has 0 saturated carbocycles. The Labute approximate surface area is 148 Å². The Kier molecular flexibility index (Phi) is 3.94. The molecule has 7 heteroatoms. The molecule has 5 nitrogen and oxygen atoms in total. The minimum Gasteiger partial charge on any atom is -0.497 e. The van der Waals surface area contributed by atoms with Crippen LogP contribution in [0.25, 0.3) is 10.2 Å². The normalized spacial score (nSPS) is 13.1. The van der Waals surface area contributed by atoms with Gasteiger partial charge < -0.3 is 14.8 Å². The van der Waals surface area contributed by atoms with Crippen LogP contribution in [0.1, 0.15) is 16.9 Å². The SMILES string of the molecule is COc1ccc(Nc2nc(Cl)nc3sc4c(c23)CCC4)c(OC)c1. The van der Waals surface area contributed by atoms with Crippen LogP contribution in [0, 0.1) is 0 Å². The summed E-state index contributed by atoms with van der Waals surface area (Å²) in [5.41, 5.74) is 2.16. The molecule has 0 spiro atoms. The zero-order valence-electron chi connectivity index (χ0n) is 13.4. The second-order valence-corrected chi connectivity index (χ2v) is 6.99. The maximum atomic E-state index is 6.13. The molecule has 2 aromatic heterocycles. The van der Waals surface area contributed by atoms with Crippen molar-refractivity contribution < 1.29 is 9.47 Å². The molecule has 0 aliphatic heterocycles. The fraction of sp³-hybridized carbons (Fsp3) is 0.294. The van der Waals surface area contributed by atoms with Gasteiger partial charge in [0.05, 0.1) is 25.3 Å². The molecule has 3 aromatic rings. The number of aromatic nitrogens is 2. The summed E-state index contributed by atoms with van der Waals surface area (Å²) in [6.07, 6.45) is 3.36. The molecule has 0 amide bonds. The summed E-state index contributed by atoms with van der Waals surface area (Å²) >= 11 is 7.84. The lowest BCUT2D eigenvalue weighted by Crippen LogP contribution is -2.00. The van der Waals surface area contributed by atoms with E-state index in [0.717, 1.165) is 40.3 Å². The zero-order valence-corrected chi connectivity index (χ0v) is 14.9. The first-order chi connectivity index (χ1) is 11.7. The lowest BCUT2D eigenvalue weighted by atomic mass is 10.2. The third-order valence-corrected chi connectivity index (χ3v) is 5.55. The molecule has 0 saturated heterocycles. The molecular formula is C17H16ClN3O2S. The molecule has 124 valence electrons. The highest BCUT2D eigenvalue weighted by atomic mass is 35.5. The first-order valence-corrected chi connectivity index (χ1v) is 8.86. The Morgan fingerprint density at radius 1 is 1.17 bits per heavy atom. The highest BCUT2D eigenvalue weighted by molar-refractivity contribution is 7.19. The van der Waals surface area contributed by atoms with Crippen molar-refractivity contribution in [3.8, 4) is 11.5 Å². The lowest BCUT2D eigenvalue weighted by molar-refractivity contribution is 0.395. The molecule has 0 fully saturated rings. The largest absolute Gasteiger partial charge is 0.497 e. The van der Waals surface area contributed by atoms with E-state index < -0.39 is 0 Å². The van der Waals surface area contributed by atoms with Gasteiger partial charge in [0, 0.05) is 10.9 Å². The third-order valence-electron chi connectivity index (χ3n) is 4.20. The molecule has 0 atom stereocenters. The molecular weight excluding hydrogens is 346 g/mol. The van der Waals surface area contributed by atoms with Gasteiger partial charge in [0.2, 0.25) is 5.28 Å². The Bertz CT molecular complexity index is 926. The van der Waals surface area contributed by atoms with Crippen LogP contribution in [-0.2, 0) is 12.8 Å². The fourth-order valence-corrected chi connectivity index (χ4v) is 4.57. The number of aryl methyl sites for hydroxylation is 2. The van der Waals surface area contributed by atoms with Crippen molar-refractivity contribution in [1.82, 2.24) is 9.97 Å². The number of nitrogens with one attached hydrogen (secondary N) is 1. The Hall–Kier alpha value is -2.05. The third kappa shape index (κ3) is 2.56. The summed E-state index contributed by atoms with van der Waals surface area (Å²) in [5, 5.41) is 4.69.